The molecule has 4 rings (SSSR count). The number of carbonyl (C=O) groups is 1. The Labute approximate surface area is 179 Å². The van der Waals surface area contributed by atoms with Crippen molar-refractivity contribution in [2.45, 2.75) is 0 Å². The van der Waals surface area contributed by atoms with Crippen molar-refractivity contribution in [2.75, 3.05) is 6.26 Å². The number of amidine groups is 2. The largest absolute Gasteiger partial charge is 0.457 e. The van der Waals surface area contributed by atoms with Crippen LogP contribution in [0.3, 0.4) is 0 Å². The first-order chi connectivity index (χ1) is 13.6. The zero-order valence-electron chi connectivity index (χ0n) is 14.5. The number of hydrazone groups is 1. The highest BCUT2D eigenvalue weighted by atomic mass is 35.5. The third kappa shape index (κ3) is 3.76. The van der Waals surface area contributed by atoms with Gasteiger partial charge in [-0.2, -0.15) is 10.0 Å². The molecular formula is C17H10Cl2N4O4S2. The van der Waals surface area contributed by atoms with Gasteiger partial charge in [0.1, 0.15) is 11.5 Å². The van der Waals surface area contributed by atoms with E-state index >= 15 is 0 Å². The van der Waals surface area contributed by atoms with E-state index in [1.165, 1.54) is 6.08 Å². The molecule has 0 saturated heterocycles. The van der Waals surface area contributed by atoms with Crippen molar-refractivity contribution in [3.8, 4) is 11.3 Å². The summed E-state index contributed by atoms with van der Waals surface area (Å²) in [6, 6.07) is 8.32. The van der Waals surface area contributed by atoms with Gasteiger partial charge in [-0.25, -0.2) is 8.42 Å². The summed E-state index contributed by atoms with van der Waals surface area (Å²) >= 11 is 12.7. The van der Waals surface area contributed by atoms with Crippen LogP contribution in [0.1, 0.15) is 5.76 Å². The molecule has 0 bridgehead atoms. The van der Waals surface area contributed by atoms with E-state index in [-0.39, 0.29) is 21.0 Å². The minimum absolute atomic E-state index is 0.0218. The predicted molar refractivity (Wildman–Crippen MR) is 114 cm³/mol. The minimum Gasteiger partial charge on any atom is -0.457 e. The van der Waals surface area contributed by atoms with Gasteiger partial charge in [-0.3, -0.25) is 10.2 Å². The number of furan rings is 1. The van der Waals surface area contributed by atoms with Crippen LogP contribution in [-0.2, 0) is 14.6 Å². The van der Waals surface area contributed by atoms with Gasteiger partial charge in [-0.15, -0.1) is 5.10 Å². The molecule has 0 radical (unpaired) electrons. The molecule has 3 heterocycles. The van der Waals surface area contributed by atoms with E-state index in [2.05, 4.69) is 10.1 Å². The monoisotopic (exact) mass is 468 g/mol. The number of hydrogen-bond donors (Lipinski definition) is 1. The number of thioether (sulfide) groups is 1. The van der Waals surface area contributed by atoms with Crippen LogP contribution in [0, 0.1) is 5.41 Å². The standard InChI is InChI=1S/C17H10Cl2N4O4S2/c1-29(25,26)17-22-23-14(20)10(15(24)21-16(23)28-17)7-9-3-5-13(27-9)8-2-4-11(18)12(19)6-8/h2-7,20H,1H3/b10-7-,20-14?. The van der Waals surface area contributed by atoms with Gasteiger partial charge in [-0.05, 0) is 48.2 Å². The third-order valence-corrected chi connectivity index (χ3v) is 7.19. The average Bonchev–Trinajstić information content (AvgIpc) is 3.28. The third-order valence-electron chi connectivity index (χ3n) is 3.87. The lowest BCUT2D eigenvalue weighted by atomic mass is 10.1. The van der Waals surface area contributed by atoms with Gasteiger partial charge in [0.15, 0.2) is 5.84 Å². The molecule has 1 N–H and O–H groups in total. The number of hydrogen-bond acceptors (Lipinski definition) is 7. The van der Waals surface area contributed by atoms with Gasteiger partial charge >= 0.3 is 0 Å². The Morgan fingerprint density at radius 3 is 2.66 bits per heavy atom. The molecule has 12 heteroatoms. The average molecular weight is 469 g/mol. The van der Waals surface area contributed by atoms with Crippen LogP contribution in [-0.4, -0.2) is 41.0 Å². The summed E-state index contributed by atoms with van der Waals surface area (Å²) in [4.78, 5) is 16.2. The first kappa shape index (κ1) is 19.9. The highest BCUT2D eigenvalue weighted by Gasteiger charge is 2.38. The SMILES string of the molecule is CS(=O)(=O)C1=NN2C(=N)/C(=C/c3ccc(-c4ccc(Cl)c(Cl)c4)o3)C(=O)N=C2S1. The molecule has 1 aromatic carbocycles. The second-order valence-corrected chi connectivity index (χ2v) is 9.95. The van der Waals surface area contributed by atoms with Crippen molar-refractivity contribution in [1.29, 1.82) is 5.41 Å². The number of halogens is 2. The lowest BCUT2D eigenvalue weighted by Crippen LogP contribution is -2.35. The summed E-state index contributed by atoms with van der Waals surface area (Å²) in [6.07, 6.45) is 2.35. The topological polar surface area (TPSA) is 116 Å². The Morgan fingerprint density at radius 1 is 1.21 bits per heavy atom. The maximum atomic E-state index is 12.4. The molecule has 2 aliphatic rings. The number of aliphatic imine (C=N–C) groups is 1. The van der Waals surface area contributed by atoms with E-state index in [4.69, 9.17) is 33.0 Å². The molecule has 1 aromatic heterocycles. The van der Waals surface area contributed by atoms with E-state index in [1.54, 1.807) is 30.3 Å². The quantitative estimate of drug-likeness (QED) is 0.668. The molecule has 0 spiro atoms. The highest BCUT2D eigenvalue weighted by molar-refractivity contribution is 8.42. The summed E-state index contributed by atoms with van der Waals surface area (Å²) < 4.78 is 28.9. The summed E-state index contributed by atoms with van der Waals surface area (Å²) in [5, 5.41) is 13.9. The number of benzene rings is 1. The number of sulfone groups is 1. The number of rotatable bonds is 2. The molecule has 0 fully saturated rings. The lowest BCUT2D eigenvalue weighted by Gasteiger charge is -2.19. The maximum Gasteiger partial charge on any atom is 0.283 e. The van der Waals surface area contributed by atoms with Crippen molar-refractivity contribution in [2.24, 2.45) is 10.1 Å². The van der Waals surface area contributed by atoms with Crippen molar-refractivity contribution in [1.82, 2.24) is 5.01 Å². The Kier molecular flexibility index (Phi) is 4.89. The summed E-state index contributed by atoms with van der Waals surface area (Å²) in [5.41, 5.74) is 0.607. The first-order valence-corrected chi connectivity index (χ1v) is 11.4. The van der Waals surface area contributed by atoms with E-state index in [9.17, 15) is 13.2 Å². The zero-order chi connectivity index (χ0) is 20.9. The summed E-state index contributed by atoms with van der Waals surface area (Å²) in [7, 11) is -3.59. The van der Waals surface area contributed by atoms with Crippen LogP contribution in [0.5, 0.6) is 0 Å². The van der Waals surface area contributed by atoms with Crippen molar-refractivity contribution >= 4 is 72.2 Å². The van der Waals surface area contributed by atoms with E-state index in [0.29, 0.717) is 27.1 Å². The van der Waals surface area contributed by atoms with E-state index < -0.39 is 15.7 Å². The fraction of sp³-hybridized carbons (Fsp3) is 0.0588. The molecule has 148 valence electrons. The Balaban J connectivity index is 1.67. The van der Waals surface area contributed by atoms with Crippen molar-refractivity contribution in [3.05, 3.63) is 51.7 Å². The lowest BCUT2D eigenvalue weighted by molar-refractivity contribution is -0.114. The van der Waals surface area contributed by atoms with E-state index in [1.807, 2.05) is 0 Å². The minimum atomic E-state index is -3.59. The molecule has 0 unspecified atom stereocenters. The number of nitrogens with zero attached hydrogens (tertiary/aromatic N) is 3. The predicted octanol–water partition coefficient (Wildman–Crippen LogP) is 3.87. The molecule has 8 nitrogen and oxygen atoms in total. The van der Waals surface area contributed by atoms with Gasteiger partial charge in [0.2, 0.25) is 19.4 Å². The van der Waals surface area contributed by atoms with Crippen LogP contribution < -0.4 is 0 Å². The molecular weight excluding hydrogens is 459 g/mol. The summed E-state index contributed by atoms with van der Waals surface area (Å²) in [5.74, 6) is -0.190. The zero-order valence-corrected chi connectivity index (χ0v) is 17.7. The first-order valence-electron chi connectivity index (χ1n) is 7.89. The molecule has 29 heavy (non-hydrogen) atoms. The normalized spacial score (nSPS) is 18.2. The van der Waals surface area contributed by atoms with Crippen LogP contribution in [0.2, 0.25) is 10.0 Å². The summed E-state index contributed by atoms with van der Waals surface area (Å²) in [6.45, 7) is 0. The molecule has 0 saturated carbocycles. The molecule has 2 aliphatic heterocycles. The van der Waals surface area contributed by atoms with E-state index in [0.717, 1.165) is 23.0 Å². The fourth-order valence-corrected chi connectivity index (χ4v) is 4.48. The molecule has 2 aromatic rings. The second kappa shape index (κ2) is 7.13. The maximum absolute atomic E-state index is 12.4. The number of amides is 1. The fourth-order valence-electron chi connectivity index (χ4n) is 2.50. The second-order valence-electron chi connectivity index (χ2n) is 5.99. The van der Waals surface area contributed by atoms with Gasteiger partial charge in [0.25, 0.3) is 5.91 Å². The smallest absolute Gasteiger partial charge is 0.283 e. The van der Waals surface area contributed by atoms with Gasteiger partial charge in [0.05, 0.1) is 15.6 Å². The molecule has 0 aliphatic carbocycles. The van der Waals surface area contributed by atoms with Crippen LogP contribution in [0.15, 0.2) is 50.4 Å². The van der Waals surface area contributed by atoms with Crippen LogP contribution in [0.25, 0.3) is 17.4 Å². The Bertz CT molecular complexity index is 1280. The highest BCUT2D eigenvalue weighted by Crippen LogP contribution is 2.32. The van der Waals surface area contributed by atoms with Crippen LogP contribution >= 0.6 is 35.0 Å². The number of nitrogens with one attached hydrogen (secondary N) is 1. The number of carbonyl (C=O) groups excluding carboxylic acids is 1. The Morgan fingerprint density at radius 2 is 1.97 bits per heavy atom. The van der Waals surface area contributed by atoms with Gasteiger partial charge < -0.3 is 4.42 Å². The van der Waals surface area contributed by atoms with Crippen molar-refractivity contribution < 1.29 is 17.6 Å². The molecule has 0 atom stereocenters. The molecule has 1 amide bonds. The van der Waals surface area contributed by atoms with Crippen molar-refractivity contribution in [3.63, 3.8) is 0 Å². The Hall–Kier alpha value is -2.40. The van der Waals surface area contributed by atoms with Crippen LogP contribution in [0.4, 0.5) is 0 Å². The van der Waals surface area contributed by atoms with Gasteiger partial charge in [-0.1, -0.05) is 23.2 Å². The van der Waals surface area contributed by atoms with Gasteiger partial charge in [0, 0.05) is 11.8 Å². The number of fused-ring (bicyclic) bond motifs is 1.